The van der Waals surface area contributed by atoms with Crippen molar-refractivity contribution in [2.75, 3.05) is 11.9 Å². The summed E-state index contributed by atoms with van der Waals surface area (Å²) in [6.45, 7) is 6.74. The molecule has 0 amide bonds. The van der Waals surface area contributed by atoms with Crippen LogP contribution in [0, 0.1) is 0 Å². The number of anilines is 1. The highest BCUT2D eigenvalue weighted by atomic mass is 35.5. The fourth-order valence-corrected chi connectivity index (χ4v) is 3.69. The van der Waals surface area contributed by atoms with E-state index in [-0.39, 0.29) is 11.2 Å². The molecule has 142 valence electrons. The Bertz CT molecular complexity index is 1060. The van der Waals surface area contributed by atoms with Crippen LogP contribution in [0.5, 0.6) is 5.75 Å². The predicted octanol–water partition coefficient (Wildman–Crippen LogP) is 2.31. The van der Waals surface area contributed by atoms with Crippen molar-refractivity contribution in [3.05, 3.63) is 45.1 Å². The second-order valence-electron chi connectivity index (χ2n) is 6.99. The first-order chi connectivity index (χ1) is 12.9. The molecule has 0 aromatic carbocycles. The monoisotopic (exact) mass is 388 g/mol. The number of nitrogens with zero attached hydrogens (tertiary/aromatic N) is 4. The summed E-state index contributed by atoms with van der Waals surface area (Å²) in [6.07, 6.45) is 1.63. The number of rotatable bonds is 4. The smallest absolute Gasteiger partial charge is 0.223 e. The van der Waals surface area contributed by atoms with Gasteiger partial charge in [-0.1, -0.05) is 11.6 Å². The maximum Gasteiger partial charge on any atom is 0.223 e. The van der Waals surface area contributed by atoms with Crippen molar-refractivity contribution in [3.63, 3.8) is 0 Å². The van der Waals surface area contributed by atoms with Crippen molar-refractivity contribution in [1.29, 1.82) is 0 Å². The van der Waals surface area contributed by atoms with E-state index in [0.717, 1.165) is 23.1 Å². The number of halogens is 1. The zero-order valence-corrected chi connectivity index (χ0v) is 15.9. The van der Waals surface area contributed by atoms with Crippen molar-refractivity contribution in [1.82, 2.24) is 24.6 Å². The molecule has 0 bridgehead atoms. The SMILES string of the molecule is CC(C)N1CCn2c(CNc3cc4[nH]ncc4c(Cl)n3)cc(=O)c(O)c2C1. The third kappa shape index (κ3) is 3.26. The van der Waals surface area contributed by atoms with Gasteiger partial charge >= 0.3 is 0 Å². The molecule has 0 aliphatic carbocycles. The number of H-pyrrole nitrogens is 1. The molecule has 3 N–H and O–H groups in total. The van der Waals surface area contributed by atoms with Gasteiger partial charge in [0, 0.05) is 43.5 Å². The zero-order valence-electron chi connectivity index (χ0n) is 15.2. The number of pyridine rings is 2. The molecule has 3 aromatic rings. The first kappa shape index (κ1) is 17.8. The molecule has 0 radical (unpaired) electrons. The van der Waals surface area contributed by atoms with Gasteiger partial charge in [-0.2, -0.15) is 5.10 Å². The number of aromatic amines is 1. The van der Waals surface area contributed by atoms with Crippen LogP contribution in [0.2, 0.25) is 5.15 Å². The largest absolute Gasteiger partial charge is 0.503 e. The van der Waals surface area contributed by atoms with Gasteiger partial charge in [-0.15, -0.1) is 0 Å². The van der Waals surface area contributed by atoms with Gasteiger partial charge in [0.05, 0.1) is 29.3 Å². The molecular weight excluding hydrogens is 368 g/mol. The lowest BCUT2D eigenvalue weighted by molar-refractivity contribution is 0.170. The van der Waals surface area contributed by atoms with E-state index in [1.54, 1.807) is 6.20 Å². The van der Waals surface area contributed by atoms with Crippen LogP contribution in [-0.2, 0) is 19.6 Å². The highest BCUT2D eigenvalue weighted by Crippen LogP contribution is 2.25. The Morgan fingerprint density at radius 1 is 1.37 bits per heavy atom. The zero-order chi connectivity index (χ0) is 19.1. The molecule has 1 aliphatic rings. The molecular formula is C18H21ClN6O2. The molecule has 0 unspecified atom stereocenters. The lowest BCUT2D eigenvalue weighted by Gasteiger charge is -2.34. The Labute approximate surface area is 160 Å². The van der Waals surface area contributed by atoms with Crippen LogP contribution in [0.4, 0.5) is 5.82 Å². The van der Waals surface area contributed by atoms with E-state index >= 15 is 0 Å². The average molecular weight is 389 g/mol. The molecule has 0 fully saturated rings. The van der Waals surface area contributed by atoms with Crippen molar-refractivity contribution in [2.45, 2.75) is 39.5 Å². The molecule has 9 heteroatoms. The fourth-order valence-electron chi connectivity index (χ4n) is 3.44. The molecule has 0 saturated heterocycles. The topological polar surface area (TPSA) is 99.1 Å². The molecule has 4 rings (SSSR count). The van der Waals surface area contributed by atoms with Crippen LogP contribution in [0.15, 0.2) is 23.1 Å². The number of nitrogens with one attached hydrogen (secondary N) is 2. The molecule has 0 saturated carbocycles. The van der Waals surface area contributed by atoms with Gasteiger partial charge in [0.25, 0.3) is 0 Å². The first-order valence-electron chi connectivity index (χ1n) is 8.86. The minimum Gasteiger partial charge on any atom is -0.503 e. The fraction of sp³-hybridized carbons (Fsp3) is 0.389. The Hall–Kier alpha value is -2.58. The average Bonchev–Trinajstić information content (AvgIpc) is 3.12. The summed E-state index contributed by atoms with van der Waals surface area (Å²) in [7, 11) is 0. The Kier molecular flexibility index (Phi) is 4.53. The first-order valence-corrected chi connectivity index (χ1v) is 9.24. The second-order valence-corrected chi connectivity index (χ2v) is 7.35. The number of hydrogen-bond donors (Lipinski definition) is 3. The third-order valence-corrected chi connectivity index (χ3v) is 5.30. The Balaban J connectivity index is 1.63. The second kappa shape index (κ2) is 6.86. The van der Waals surface area contributed by atoms with Crippen LogP contribution < -0.4 is 10.7 Å². The summed E-state index contributed by atoms with van der Waals surface area (Å²) in [5.74, 6) is 0.426. The van der Waals surface area contributed by atoms with E-state index in [2.05, 4.69) is 39.2 Å². The normalized spacial score (nSPS) is 14.7. The third-order valence-electron chi connectivity index (χ3n) is 5.01. The van der Waals surface area contributed by atoms with E-state index in [1.165, 1.54) is 6.07 Å². The van der Waals surface area contributed by atoms with Crippen molar-refractivity contribution < 1.29 is 5.11 Å². The standard InChI is InChI=1S/C18H21ClN6O2/c1-10(2)24-3-4-25-11(5-15(26)17(27)14(25)9-24)7-20-16-6-13-12(8-21-23-13)18(19)22-16/h5-6,8,10,27H,3-4,7,9H2,1-2H3,(H,20,22)(H,21,23). The van der Waals surface area contributed by atoms with Crippen LogP contribution in [0.3, 0.4) is 0 Å². The minimum absolute atomic E-state index is 0.163. The Morgan fingerprint density at radius 3 is 2.96 bits per heavy atom. The van der Waals surface area contributed by atoms with Gasteiger partial charge in [0.2, 0.25) is 5.43 Å². The van der Waals surface area contributed by atoms with Crippen LogP contribution in [-0.4, -0.2) is 42.3 Å². The minimum atomic E-state index is -0.362. The van der Waals surface area contributed by atoms with Crippen LogP contribution >= 0.6 is 11.6 Å². The van der Waals surface area contributed by atoms with Crippen molar-refractivity contribution in [3.8, 4) is 5.75 Å². The highest BCUT2D eigenvalue weighted by molar-refractivity contribution is 6.34. The molecule has 3 aromatic heterocycles. The Morgan fingerprint density at radius 2 is 2.19 bits per heavy atom. The van der Waals surface area contributed by atoms with Crippen molar-refractivity contribution >= 4 is 28.3 Å². The van der Waals surface area contributed by atoms with Gasteiger partial charge in [-0.05, 0) is 13.8 Å². The van der Waals surface area contributed by atoms with Gasteiger partial charge in [0.1, 0.15) is 11.0 Å². The molecule has 27 heavy (non-hydrogen) atoms. The van der Waals surface area contributed by atoms with Crippen molar-refractivity contribution in [2.24, 2.45) is 0 Å². The highest BCUT2D eigenvalue weighted by Gasteiger charge is 2.23. The number of aromatic hydroxyl groups is 1. The summed E-state index contributed by atoms with van der Waals surface area (Å²) in [5, 5.41) is 21.4. The van der Waals surface area contributed by atoms with E-state index < -0.39 is 0 Å². The van der Waals surface area contributed by atoms with Gasteiger partial charge in [-0.3, -0.25) is 14.8 Å². The molecule has 8 nitrogen and oxygen atoms in total. The van der Waals surface area contributed by atoms with Crippen LogP contribution in [0.25, 0.3) is 10.9 Å². The predicted molar refractivity (Wildman–Crippen MR) is 104 cm³/mol. The van der Waals surface area contributed by atoms with E-state index in [9.17, 15) is 9.90 Å². The summed E-state index contributed by atoms with van der Waals surface area (Å²) < 4.78 is 2.01. The number of fused-ring (bicyclic) bond motifs is 2. The van der Waals surface area contributed by atoms with E-state index in [0.29, 0.717) is 42.3 Å². The number of hydrogen-bond acceptors (Lipinski definition) is 6. The molecule has 4 heterocycles. The maximum atomic E-state index is 12.2. The van der Waals surface area contributed by atoms with E-state index in [1.807, 2.05) is 10.6 Å². The summed E-state index contributed by atoms with van der Waals surface area (Å²) in [6, 6.07) is 3.65. The van der Waals surface area contributed by atoms with Gasteiger partial charge in [0.15, 0.2) is 5.75 Å². The summed E-state index contributed by atoms with van der Waals surface area (Å²) >= 11 is 6.19. The van der Waals surface area contributed by atoms with E-state index in [4.69, 9.17) is 11.6 Å². The van der Waals surface area contributed by atoms with Gasteiger partial charge in [-0.25, -0.2) is 4.98 Å². The maximum absolute atomic E-state index is 12.2. The molecule has 0 spiro atoms. The van der Waals surface area contributed by atoms with Crippen LogP contribution in [0.1, 0.15) is 25.2 Å². The molecule has 1 aliphatic heterocycles. The summed E-state index contributed by atoms with van der Waals surface area (Å²) in [4.78, 5) is 18.8. The quantitative estimate of drug-likeness (QED) is 0.593. The molecule has 0 atom stereocenters. The van der Waals surface area contributed by atoms with Gasteiger partial charge < -0.3 is 15.0 Å². The summed E-state index contributed by atoms with van der Waals surface area (Å²) in [5.41, 5.74) is 1.89. The lowest BCUT2D eigenvalue weighted by Crippen LogP contribution is -2.40. The number of aromatic nitrogens is 4. The lowest BCUT2D eigenvalue weighted by atomic mass is 10.1.